The molecule has 9 nitrogen and oxygen atoms in total. The van der Waals surface area contributed by atoms with Crippen LogP contribution < -0.4 is 14.4 Å². The molecule has 2 aliphatic heterocycles. The average molecular weight is 680 g/mol. The molecule has 3 aliphatic rings. The second kappa shape index (κ2) is 12.5. The van der Waals surface area contributed by atoms with Crippen LogP contribution in [0.15, 0.2) is 24.3 Å². The number of hydrogen-bond donors (Lipinski definition) is 2. The molecule has 258 valence electrons. The minimum atomic E-state index is -3.03. The van der Waals surface area contributed by atoms with Crippen molar-refractivity contribution < 1.29 is 37.2 Å². The summed E-state index contributed by atoms with van der Waals surface area (Å²) in [6.45, 7) is 1.00. The highest BCUT2D eigenvalue weighted by atomic mass is 19.3. The zero-order chi connectivity index (χ0) is 34.7. The van der Waals surface area contributed by atoms with Gasteiger partial charge in [-0.15, -0.1) is 6.42 Å². The first-order chi connectivity index (χ1) is 23.5. The van der Waals surface area contributed by atoms with Crippen LogP contribution in [0.5, 0.6) is 17.6 Å². The summed E-state index contributed by atoms with van der Waals surface area (Å²) in [6, 6.07) is 5.31. The van der Waals surface area contributed by atoms with E-state index in [4.69, 9.17) is 15.9 Å². The van der Waals surface area contributed by atoms with Crippen molar-refractivity contribution in [2.75, 3.05) is 45.3 Å². The van der Waals surface area contributed by atoms with Crippen molar-refractivity contribution in [1.29, 1.82) is 0 Å². The van der Waals surface area contributed by atoms with Crippen molar-refractivity contribution >= 4 is 27.5 Å². The third-order valence-corrected chi connectivity index (χ3v) is 10.6. The van der Waals surface area contributed by atoms with Crippen LogP contribution >= 0.6 is 0 Å². The van der Waals surface area contributed by atoms with Gasteiger partial charge in [-0.3, -0.25) is 0 Å². The van der Waals surface area contributed by atoms with Crippen LogP contribution in [-0.2, 0) is 0 Å². The van der Waals surface area contributed by atoms with E-state index in [1.165, 1.54) is 30.2 Å². The van der Waals surface area contributed by atoms with E-state index in [9.17, 15) is 23.4 Å². The summed E-state index contributed by atoms with van der Waals surface area (Å²) >= 11 is 0. The maximum Gasteiger partial charge on any atom is 0.319 e. The summed E-state index contributed by atoms with van der Waals surface area (Å²) in [6.07, 6.45) is 7.70. The van der Waals surface area contributed by atoms with Gasteiger partial charge in [-0.1, -0.05) is 18.4 Å². The summed E-state index contributed by atoms with van der Waals surface area (Å²) in [5.74, 6) is 0.251. The highest BCUT2D eigenvalue weighted by Gasteiger charge is 2.48. The number of β-amino-alcohol motifs (C(OH)–C–C–N with tert-alkyl or cyclic N) is 1. The Bertz CT molecular complexity index is 1990. The SMILES string of the molecule is C#Cc1c(F)ccc2cc(O)cc(-c3nc(OC)c4c(N5CCCC(O)(C(F)F)C5)nc(OC[C@]56CCC[C@H]5N(C)CCC6)nc4c3F)c12. The summed E-state index contributed by atoms with van der Waals surface area (Å²) in [5.41, 5.74) is -3.26. The highest BCUT2D eigenvalue weighted by Crippen LogP contribution is 2.48. The summed E-state index contributed by atoms with van der Waals surface area (Å²) in [5, 5.41) is 21.9. The zero-order valence-corrected chi connectivity index (χ0v) is 27.3. The number of methoxy groups -OCH3 is 1. The van der Waals surface area contributed by atoms with Crippen molar-refractivity contribution in [2.45, 2.75) is 63.0 Å². The number of aliphatic hydroxyl groups is 1. The molecule has 0 spiro atoms. The highest BCUT2D eigenvalue weighted by molar-refractivity contribution is 6.04. The first kappa shape index (κ1) is 33.1. The Labute approximate surface area is 280 Å². The van der Waals surface area contributed by atoms with E-state index in [-0.39, 0.29) is 88.0 Å². The molecule has 2 aromatic carbocycles. The molecule has 1 saturated carbocycles. The minimum absolute atomic E-state index is 0.00856. The predicted octanol–water partition coefficient (Wildman–Crippen LogP) is 6.06. The van der Waals surface area contributed by atoms with Crippen molar-refractivity contribution in [2.24, 2.45) is 5.41 Å². The molecule has 0 radical (unpaired) electrons. The number of anilines is 1. The number of phenolic OH excluding ortho intramolecular Hbond substituents is 1. The Morgan fingerprint density at radius 3 is 2.59 bits per heavy atom. The van der Waals surface area contributed by atoms with Gasteiger partial charge in [-0.25, -0.2) is 22.5 Å². The van der Waals surface area contributed by atoms with Gasteiger partial charge in [0, 0.05) is 29.0 Å². The normalized spacial score (nSPS) is 24.4. The zero-order valence-electron chi connectivity index (χ0n) is 27.3. The molecular formula is C36H37F4N5O4. The predicted molar refractivity (Wildman–Crippen MR) is 176 cm³/mol. The lowest BCUT2D eigenvalue weighted by molar-refractivity contribution is -0.102. The molecular weight excluding hydrogens is 642 g/mol. The number of ether oxygens (including phenoxy) is 2. The smallest absolute Gasteiger partial charge is 0.319 e. The lowest BCUT2D eigenvalue weighted by Crippen LogP contribution is -2.53. The van der Waals surface area contributed by atoms with Crippen molar-refractivity contribution in [3.8, 4) is 41.2 Å². The first-order valence-corrected chi connectivity index (χ1v) is 16.4. The van der Waals surface area contributed by atoms with Gasteiger partial charge in [0.2, 0.25) is 5.88 Å². The van der Waals surface area contributed by atoms with Gasteiger partial charge >= 0.3 is 6.01 Å². The second-order valence-electron chi connectivity index (χ2n) is 13.6. The summed E-state index contributed by atoms with van der Waals surface area (Å²) in [4.78, 5) is 17.4. The third-order valence-electron chi connectivity index (χ3n) is 10.6. The quantitative estimate of drug-likeness (QED) is 0.178. The van der Waals surface area contributed by atoms with Crippen LogP contribution in [-0.4, -0.2) is 88.5 Å². The number of pyridine rings is 1. The number of benzene rings is 2. The van der Waals surface area contributed by atoms with Crippen LogP contribution in [0.4, 0.5) is 23.4 Å². The number of fused-ring (bicyclic) bond motifs is 3. The van der Waals surface area contributed by atoms with Crippen LogP contribution in [0.2, 0.25) is 0 Å². The maximum absolute atomic E-state index is 17.0. The van der Waals surface area contributed by atoms with E-state index in [1.807, 2.05) is 0 Å². The number of aromatic nitrogens is 3. The number of piperidine rings is 2. The molecule has 1 unspecified atom stereocenters. The number of alkyl halides is 2. The Morgan fingerprint density at radius 2 is 1.84 bits per heavy atom. The molecule has 4 heterocycles. The molecule has 0 bridgehead atoms. The Kier molecular flexibility index (Phi) is 8.43. The van der Waals surface area contributed by atoms with Gasteiger partial charge in [0.1, 0.15) is 39.6 Å². The van der Waals surface area contributed by atoms with Crippen molar-refractivity contribution in [1.82, 2.24) is 19.9 Å². The van der Waals surface area contributed by atoms with Gasteiger partial charge in [-0.05, 0) is 75.7 Å². The van der Waals surface area contributed by atoms with E-state index in [2.05, 4.69) is 32.8 Å². The molecule has 2 saturated heterocycles. The van der Waals surface area contributed by atoms with Crippen LogP contribution in [0.25, 0.3) is 32.9 Å². The Balaban J connectivity index is 1.44. The molecule has 2 aromatic heterocycles. The van der Waals surface area contributed by atoms with E-state index < -0.39 is 30.2 Å². The van der Waals surface area contributed by atoms with E-state index in [1.54, 1.807) is 0 Å². The number of terminal acetylenes is 1. The average Bonchev–Trinajstić information content (AvgIpc) is 3.53. The number of phenols is 1. The molecule has 4 aromatic rings. The van der Waals surface area contributed by atoms with E-state index >= 15 is 4.39 Å². The minimum Gasteiger partial charge on any atom is -0.508 e. The summed E-state index contributed by atoms with van der Waals surface area (Å²) < 4.78 is 72.1. The van der Waals surface area contributed by atoms with Gasteiger partial charge < -0.3 is 29.5 Å². The van der Waals surface area contributed by atoms with Gasteiger partial charge in [0.15, 0.2) is 5.82 Å². The number of aromatic hydroxyl groups is 1. The van der Waals surface area contributed by atoms with E-state index in [0.717, 1.165) is 44.7 Å². The fourth-order valence-corrected chi connectivity index (χ4v) is 8.28. The fraction of sp³-hybridized carbons (Fsp3) is 0.472. The van der Waals surface area contributed by atoms with Crippen LogP contribution in [0.3, 0.4) is 0 Å². The molecule has 13 heteroatoms. The van der Waals surface area contributed by atoms with Gasteiger partial charge in [0.05, 0.1) is 25.8 Å². The van der Waals surface area contributed by atoms with E-state index in [0.29, 0.717) is 11.4 Å². The second-order valence-corrected chi connectivity index (χ2v) is 13.6. The molecule has 7 rings (SSSR count). The molecule has 0 amide bonds. The fourth-order valence-electron chi connectivity index (χ4n) is 8.28. The number of halogens is 4. The topological polar surface area (TPSA) is 104 Å². The Morgan fingerprint density at radius 1 is 1.06 bits per heavy atom. The molecule has 3 atom stereocenters. The first-order valence-electron chi connectivity index (χ1n) is 16.4. The lowest BCUT2D eigenvalue weighted by Gasteiger charge is -2.44. The third kappa shape index (κ3) is 5.55. The standard InChI is InChI=1S/C36H37F4N5O4/c1-4-22-24(37)10-9-20-16-21(46)17-23(26(20)22)29-28(38)30-27(32(41-29)48-3)31(45-15-7-13-36(47,18-45)33(39)40)43-34(42-30)49-19-35-11-5-8-25(35)44(2)14-6-12-35/h1,9-10,16-17,25,33,46-47H,5-8,11-15,18-19H2,2-3H3/t25-,35-,36?/m1/s1. The number of nitrogens with zero attached hydrogens (tertiary/aromatic N) is 5. The van der Waals surface area contributed by atoms with Gasteiger partial charge in [0.25, 0.3) is 6.43 Å². The number of likely N-dealkylation sites (tertiary alicyclic amines) is 1. The number of rotatable bonds is 7. The molecule has 49 heavy (non-hydrogen) atoms. The van der Waals surface area contributed by atoms with Crippen LogP contribution in [0.1, 0.15) is 50.5 Å². The molecule has 1 aliphatic carbocycles. The van der Waals surface area contributed by atoms with Crippen LogP contribution in [0, 0.1) is 29.4 Å². The largest absolute Gasteiger partial charge is 0.508 e. The monoisotopic (exact) mass is 679 g/mol. The van der Waals surface area contributed by atoms with Crippen molar-refractivity contribution in [3.05, 3.63) is 41.5 Å². The summed E-state index contributed by atoms with van der Waals surface area (Å²) in [7, 11) is 3.41. The Hall–Kier alpha value is -4.41. The molecule has 3 fully saturated rings. The van der Waals surface area contributed by atoms with Crippen molar-refractivity contribution in [3.63, 3.8) is 0 Å². The van der Waals surface area contributed by atoms with Gasteiger partial charge in [-0.2, -0.15) is 9.97 Å². The maximum atomic E-state index is 17.0. The number of hydrogen-bond acceptors (Lipinski definition) is 9. The molecule has 2 N–H and O–H groups in total. The lowest BCUT2D eigenvalue weighted by atomic mass is 9.76.